The molecule has 0 atom stereocenters. The molecule has 9 nitrogen and oxygen atoms in total. The summed E-state index contributed by atoms with van der Waals surface area (Å²) in [5, 5.41) is 12.8. The van der Waals surface area contributed by atoms with E-state index in [0.29, 0.717) is 11.4 Å². The zero-order valence-electron chi connectivity index (χ0n) is 22.0. The molecule has 0 aliphatic carbocycles. The van der Waals surface area contributed by atoms with Crippen LogP contribution in [0.2, 0.25) is 0 Å². The van der Waals surface area contributed by atoms with Gasteiger partial charge < -0.3 is 11.1 Å². The third-order valence-electron chi connectivity index (χ3n) is 6.51. The molecule has 3 heterocycles. The molecule has 0 spiro atoms. The van der Waals surface area contributed by atoms with E-state index < -0.39 is 5.91 Å². The molecule has 0 saturated carbocycles. The standard InChI is InChI=1S/C31H26N8O/c1-20-34-21(2)39(36-20)27-14-10-25(11-15-27)35-29-18-24(16-17-33-29)30-28(22-6-4-3-5-7-22)19-38(37-30)26-12-8-23(9-13-26)31(32)40/h3-19H,1-2H3,(H2,32,40)(H,33,35). The third kappa shape index (κ3) is 4.95. The average Bonchev–Trinajstić information content (AvgIpc) is 3.57. The fraction of sp³-hybridized carbons (Fsp3) is 0.0645. The van der Waals surface area contributed by atoms with Crippen LogP contribution in [-0.4, -0.2) is 35.4 Å². The molecule has 196 valence electrons. The molecule has 3 aromatic carbocycles. The molecule has 1 amide bonds. The Balaban J connectivity index is 1.33. The van der Waals surface area contributed by atoms with E-state index in [9.17, 15) is 4.79 Å². The van der Waals surface area contributed by atoms with Crippen molar-refractivity contribution < 1.29 is 4.79 Å². The molecular formula is C31H26N8O. The molecule has 0 bridgehead atoms. The van der Waals surface area contributed by atoms with Gasteiger partial charge in [0.15, 0.2) is 0 Å². The number of carbonyl (C=O) groups is 1. The number of nitrogens with two attached hydrogens (primary N) is 1. The quantitative estimate of drug-likeness (QED) is 0.278. The minimum Gasteiger partial charge on any atom is -0.366 e. The highest BCUT2D eigenvalue weighted by molar-refractivity contribution is 5.93. The monoisotopic (exact) mass is 526 g/mol. The molecule has 3 aromatic heterocycles. The first-order valence-corrected chi connectivity index (χ1v) is 12.7. The fourth-order valence-electron chi connectivity index (χ4n) is 4.57. The Labute approximate surface area is 231 Å². The molecule has 0 radical (unpaired) electrons. The van der Waals surface area contributed by atoms with E-state index in [1.807, 2.05) is 96.1 Å². The smallest absolute Gasteiger partial charge is 0.248 e. The summed E-state index contributed by atoms with van der Waals surface area (Å²) < 4.78 is 3.63. The Morgan fingerprint density at radius 1 is 0.825 bits per heavy atom. The minimum atomic E-state index is -0.465. The van der Waals surface area contributed by atoms with Crippen LogP contribution in [-0.2, 0) is 0 Å². The van der Waals surface area contributed by atoms with Crippen molar-refractivity contribution >= 4 is 17.4 Å². The average molecular weight is 527 g/mol. The molecule has 3 N–H and O–H groups in total. The van der Waals surface area contributed by atoms with E-state index in [1.165, 1.54) is 0 Å². The molecule has 9 heteroatoms. The van der Waals surface area contributed by atoms with Gasteiger partial charge in [0.05, 0.1) is 11.4 Å². The summed E-state index contributed by atoms with van der Waals surface area (Å²) in [6.07, 6.45) is 3.76. The van der Waals surface area contributed by atoms with Gasteiger partial charge in [0.1, 0.15) is 23.2 Å². The lowest BCUT2D eigenvalue weighted by atomic mass is 10.0. The van der Waals surface area contributed by atoms with E-state index in [1.54, 1.807) is 18.3 Å². The molecule has 6 aromatic rings. The highest BCUT2D eigenvalue weighted by Gasteiger charge is 2.15. The number of aromatic nitrogens is 6. The number of rotatable bonds is 7. The number of primary amides is 1. The van der Waals surface area contributed by atoms with Crippen molar-refractivity contribution in [2.45, 2.75) is 13.8 Å². The van der Waals surface area contributed by atoms with Crippen LogP contribution in [0.4, 0.5) is 11.5 Å². The van der Waals surface area contributed by atoms with Crippen LogP contribution in [0.15, 0.2) is 103 Å². The van der Waals surface area contributed by atoms with Crippen molar-refractivity contribution in [3.8, 4) is 33.8 Å². The molecule has 0 fully saturated rings. The van der Waals surface area contributed by atoms with Crippen LogP contribution < -0.4 is 11.1 Å². The molecular weight excluding hydrogens is 500 g/mol. The number of anilines is 2. The van der Waals surface area contributed by atoms with E-state index in [0.717, 1.165) is 51.1 Å². The summed E-state index contributed by atoms with van der Waals surface area (Å²) in [6.45, 7) is 3.81. The van der Waals surface area contributed by atoms with Crippen LogP contribution in [0.3, 0.4) is 0 Å². The highest BCUT2D eigenvalue weighted by Crippen LogP contribution is 2.33. The van der Waals surface area contributed by atoms with E-state index in [-0.39, 0.29) is 0 Å². The van der Waals surface area contributed by atoms with Crippen molar-refractivity contribution in [1.29, 1.82) is 0 Å². The number of hydrogen-bond acceptors (Lipinski definition) is 6. The number of hydrogen-bond donors (Lipinski definition) is 2. The van der Waals surface area contributed by atoms with Gasteiger partial charge in [-0.2, -0.15) is 10.2 Å². The van der Waals surface area contributed by atoms with E-state index in [2.05, 4.69) is 32.5 Å². The minimum absolute atomic E-state index is 0.448. The van der Waals surface area contributed by atoms with Gasteiger partial charge in [0, 0.05) is 34.8 Å². The van der Waals surface area contributed by atoms with Crippen molar-refractivity contribution in [1.82, 2.24) is 29.5 Å². The number of pyridine rings is 1. The predicted octanol–water partition coefficient (Wildman–Crippen LogP) is 5.64. The van der Waals surface area contributed by atoms with E-state index in [4.69, 9.17) is 10.8 Å². The van der Waals surface area contributed by atoms with Crippen molar-refractivity contribution in [2.24, 2.45) is 5.73 Å². The van der Waals surface area contributed by atoms with Crippen LogP contribution in [0.1, 0.15) is 22.0 Å². The second-order valence-corrected chi connectivity index (χ2v) is 9.33. The largest absolute Gasteiger partial charge is 0.366 e. The Morgan fingerprint density at radius 2 is 1.55 bits per heavy atom. The first-order chi connectivity index (χ1) is 19.4. The summed E-state index contributed by atoms with van der Waals surface area (Å²) in [7, 11) is 0. The van der Waals surface area contributed by atoms with Gasteiger partial charge in [-0.1, -0.05) is 30.3 Å². The van der Waals surface area contributed by atoms with Crippen LogP contribution >= 0.6 is 0 Å². The Hall–Kier alpha value is -5.57. The third-order valence-corrected chi connectivity index (χ3v) is 6.51. The van der Waals surface area contributed by atoms with Gasteiger partial charge >= 0.3 is 0 Å². The predicted molar refractivity (Wildman–Crippen MR) is 155 cm³/mol. The first kappa shape index (κ1) is 24.7. The zero-order valence-corrected chi connectivity index (χ0v) is 22.0. The summed E-state index contributed by atoms with van der Waals surface area (Å²) in [4.78, 5) is 20.4. The Morgan fingerprint density at radius 3 is 2.23 bits per heavy atom. The van der Waals surface area contributed by atoms with Crippen molar-refractivity contribution in [3.63, 3.8) is 0 Å². The van der Waals surface area contributed by atoms with Crippen LogP contribution in [0.5, 0.6) is 0 Å². The van der Waals surface area contributed by atoms with Gasteiger partial charge in [0.25, 0.3) is 0 Å². The molecule has 40 heavy (non-hydrogen) atoms. The lowest BCUT2D eigenvalue weighted by molar-refractivity contribution is 0.100. The number of aryl methyl sites for hydroxylation is 2. The summed E-state index contributed by atoms with van der Waals surface area (Å²) >= 11 is 0. The van der Waals surface area contributed by atoms with Gasteiger partial charge in [-0.25, -0.2) is 19.3 Å². The Bertz CT molecular complexity index is 1800. The van der Waals surface area contributed by atoms with Gasteiger partial charge in [-0.3, -0.25) is 4.79 Å². The summed E-state index contributed by atoms with van der Waals surface area (Å²) in [6, 6.07) is 29.1. The van der Waals surface area contributed by atoms with Crippen LogP contribution in [0.25, 0.3) is 33.8 Å². The SMILES string of the molecule is Cc1nc(C)n(-c2ccc(Nc3cc(-c4nn(-c5ccc(C(N)=O)cc5)cc4-c4ccccc4)ccn3)cc2)n1. The number of benzene rings is 3. The second kappa shape index (κ2) is 10.3. The second-order valence-electron chi connectivity index (χ2n) is 9.33. The number of nitrogens with one attached hydrogen (secondary N) is 1. The van der Waals surface area contributed by atoms with Gasteiger partial charge in [-0.05, 0) is 80.1 Å². The topological polar surface area (TPSA) is 117 Å². The normalized spacial score (nSPS) is 10.9. The first-order valence-electron chi connectivity index (χ1n) is 12.7. The highest BCUT2D eigenvalue weighted by atomic mass is 16.1. The Kier molecular flexibility index (Phi) is 6.37. The maximum absolute atomic E-state index is 11.5. The number of nitrogens with zero attached hydrogens (tertiary/aromatic N) is 6. The number of amides is 1. The van der Waals surface area contributed by atoms with Crippen molar-refractivity contribution in [3.05, 3.63) is 121 Å². The zero-order chi connectivity index (χ0) is 27.6. The maximum Gasteiger partial charge on any atom is 0.248 e. The number of carbonyl (C=O) groups excluding carboxylic acids is 1. The fourth-order valence-corrected chi connectivity index (χ4v) is 4.57. The molecule has 0 aliphatic rings. The summed E-state index contributed by atoms with van der Waals surface area (Å²) in [5.41, 5.74) is 12.2. The lowest BCUT2D eigenvalue weighted by Crippen LogP contribution is -2.10. The lowest BCUT2D eigenvalue weighted by Gasteiger charge is -2.09. The molecule has 0 aliphatic heterocycles. The van der Waals surface area contributed by atoms with Gasteiger partial charge in [0.2, 0.25) is 5.91 Å². The molecule has 0 unspecified atom stereocenters. The van der Waals surface area contributed by atoms with E-state index >= 15 is 0 Å². The molecule has 6 rings (SSSR count). The van der Waals surface area contributed by atoms with Crippen LogP contribution in [0, 0.1) is 13.8 Å². The van der Waals surface area contributed by atoms with Crippen molar-refractivity contribution in [2.75, 3.05) is 5.32 Å². The van der Waals surface area contributed by atoms with Gasteiger partial charge in [-0.15, -0.1) is 0 Å². The molecule has 0 saturated heterocycles. The maximum atomic E-state index is 11.5. The summed E-state index contributed by atoms with van der Waals surface area (Å²) in [5.74, 6) is 1.80.